The van der Waals surface area contributed by atoms with E-state index in [9.17, 15) is 9.59 Å². The smallest absolute Gasteiger partial charge is 0.251 e. The molecule has 1 heterocycles. The fourth-order valence-electron chi connectivity index (χ4n) is 1.25. The number of nitrogens with two attached hydrogens (primary N) is 2. The standard InChI is InChI=1S/C10H14N4O2/c1-6(4-9(12)15)14-10(16)7-2-3-13-8(11)5-7/h2-3,5-6H,4H2,1H3,(H2,11,13)(H2,12,15)(H,14,16). The zero-order valence-corrected chi connectivity index (χ0v) is 8.93. The molecule has 0 aliphatic rings. The summed E-state index contributed by atoms with van der Waals surface area (Å²) in [6.45, 7) is 1.70. The van der Waals surface area contributed by atoms with Gasteiger partial charge in [0, 0.05) is 24.2 Å². The van der Waals surface area contributed by atoms with E-state index in [-0.39, 0.29) is 24.2 Å². The van der Waals surface area contributed by atoms with Gasteiger partial charge < -0.3 is 16.8 Å². The lowest BCUT2D eigenvalue weighted by molar-refractivity contribution is -0.118. The summed E-state index contributed by atoms with van der Waals surface area (Å²) >= 11 is 0. The Bertz CT molecular complexity index is 406. The summed E-state index contributed by atoms with van der Waals surface area (Å²) in [5.74, 6) is -0.486. The van der Waals surface area contributed by atoms with Crippen LogP contribution in [0.1, 0.15) is 23.7 Å². The first kappa shape index (κ1) is 12.0. The molecule has 0 aliphatic heterocycles. The summed E-state index contributed by atoms with van der Waals surface area (Å²) in [6.07, 6.45) is 1.55. The number of nitrogen functional groups attached to an aromatic ring is 1. The molecule has 16 heavy (non-hydrogen) atoms. The average molecular weight is 222 g/mol. The van der Waals surface area contributed by atoms with Gasteiger partial charge in [0.15, 0.2) is 0 Å². The van der Waals surface area contributed by atoms with Crippen molar-refractivity contribution in [2.45, 2.75) is 19.4 Å². The first-order valence-corrected chi connectivity index (χ1v) is 4.79. The van der Waals surface area contributed by atoms with E-state index in [1.54, 1.807) is 13.0 Å². The zero-order chi connectivity index (χ0) is 12.1. The summed E-state index contributed by atoms with van der Waals surface area (Å²) in [6, 6.07) is 2.70. The van der Waals surface area contributed by atoms with Gasteiger partial charge in [0.25, 0.3) is 5.91 Å². The monoisotopic (exact) mass is 222 g/mol. The van der Waals surface area contributed by atoms with Gasteiger partial charge in [0.05, 0.1) is 0 Å². The van der Waals surface area contributed by atoms with Gasteiger partial charge in [0.1, 0.15) is 5.82 Å². The topological polar surface area (TPSA) is 111 Å². The number of nitrogens with zero attached hydrogens (tertiary/aromatic N) is 1. The molecule has 0 saturated carbocycles. The minimum Gasteiger partial charge on any atom is -0.384 e. The Labute approximate surface area is 93.0 Å². The van der Waals surface area contributed by atoms with Gasteiger partial charge in [-0.1, -0.05) is 0 Å². The van der Waals surface area contributed by atoms with Gasteiger partial charge in [-0.3, -0.25) is 9.59 Å². The van der Waals surface area contributed by atoms with Crippen LogP contribution in [0.2, 0.25) is 0 Å². The predicted octanol–water partition coefficient (Wildman–Crippen LogP) is -0.342. The van der Waals surface area contributed by atoms with Crippen LogP contribution in [0, 0.1) is 0 Å². The fourth-order valence-corrected chi connectivity index (χ4v) is 1.25. The number of nitrogens with one attached hydrogen (secondary N) is 1. The summed E-state index contributed by atoms with van der Waals surface area (Å²) in [7, 11) is 0. The predicted molar refractivity (Wildman–Crippen MR) is 59.4 cm³/mol. The first-order valence-electron chi connectivity index (χ1n) is 4.79. The molecule has 5 N–H and O–H groups in total. The van der Waals surface area contributed by atoms with Gasteiger partial charge in [0.2, 0.25) is 5.91 Å². The van der Waals surface area contributed by atoms with Crippen LogP contribution in [0.3, 0.4) is 0 Å². The van der Waals surface area contributed by atoms with Gasteiger partial charge in [-0.2, -0.15) is 0 Å². The lowest BCUT2D eigenvalue weighted by Crippen LogP contribution is -2.35. The van der Waals surface area contributed by atoms with Crippen molar-refractivity contribution in [3.63, 3.8) is 0 Å². The molecule has 1 atom stereocenters. The Kier molecular flexibility index (Phi) is 3.82. The summed E-state index contributed by atoms with van der Waals surface area (Å²) < 4.78 is 0. The molecule has 86 valence electrons. The summed E-state index contributed by atoms with van der Waals surface area (Å²) in [4.78, 5) is 26.0. The third-order valence-electron chi connectivity index (χ3n) is 1.93. The van der Waals surface area contributed by atoms with Gasteiger partial charge >= 0.3 is 0 Å². The number of anilines is 1. The van der Waals surface area contributed by atoms with E-state index in [1.807, 2.05) is 0 Å². The van der Waals surface area contributed by atoms with Crippen LogP contribution in [0.5, 0.6) is 0 Å². The number of amides is 2. The van der Waals surface area contributed by atoms with Crippen LogP contribution in [0.4, 0.5) is 5.82 Å². The average Bonchev–Trinajstić information content (AvgIpc) is 2.16. The van der Waals surface area contributed by atoms with E-state index in [2.05, 4.69) is 10.3 Å². The van der Waals surface area contributed by atoms with Crippen molar-refractivity contribution in [2.75, 3.05) is 5.73 Å². The highest BCUT2D eigenvalue weighted by Gasteiger charge is 2.11. The molecule has 0 bridgehead atoms. The number of aromatic nitrogens is 1. The minimum atomic E-state index is -0.456. The third-order valence-corrected chi connectivity index (χ3v) is 1.93. The van der Waals surface area contributed by atoms with Crippen LogP contribution in [-0.2, 0) is 4.79 Å². The molecule has 1 rings (SSSR count). The second-order valence-corrected chi connectivity index (χ2v) is 3.51. The fraction of sp³-hybridized carbons (Fsp3) is 0.300. The van der Waals surface area contributed by atoms with Crippen molar-refractivity contribution >= 4 is 17.6 Å². The maximum absolute atomic E-state index is 11.6. The molecule has 2 amide bonds. The molecule has 6 nitrogen and oxygen atoms in total. The van der Waals surface area contributed by atoms with E-state index in [0.29, 0.717) is 5.56 Å². The van der Waals surface area contributed by atoms with Crippen molar-refractivity contribution in [2.24, 2.45) is 5.73 Å². The van der Waals surface area contributed by atoms with Gasteiger partial charge in [-0.05, 0) is 19.1 Å². The number of hydrogen-bond acceptors (Lipinski definition) is 4. The van der Waals surface area contributed by atoms with Crippen LogP contribution in [-0.4, -0.2) is 22.8 Å². The lowest BCUT2D eigenvalue weighted by Gasteiger charge is -2.11. The van der Waals surface area contributed by atoms with E-state index < -0.39 is 5.91 Å². The van der Waals surface area contributed by atoms with Crippen molar-refractivity contribution in [3.8, 4) is 0 Å². The Balaban J connectivity index is 2.62. The Hall–Kier alpha value is -2.11. The van der Waals surface area contributed by atoms with Crippen LogP contribution in [0.25, 0.3) is 0 Å². The number of pyridine rings is 1. The quantitative estimate of drug-likeness (QED) is 0.646. The first-order chi connectivity index (χ1) is 7.49. The van der Waals surface area contributed by atoms with Gasteiger partial charge in [-0.25, -0.2) is 4.98 Å². The van der Waals surface area contributed by atoms with Crippen LogP contribution in [0.15, 0.2) is 18.3 Å². The number of carbonyl (C=O) groups excluding carboxylic acids is 2. The number of hydrogen-bond donors (Lipinski definition) is 3. The molecule has 0 aromatic carbocycles. The van der Waals surface area contributed by atoms with Crippen LogP contribution >= 0.6 is 0 Å². The van der Waals surface area contributed by atoms with Crippen molar-refractivity contribution in [1.82, 2.24) is 10.3 Å². The molecule has 0 fully saturated rings. The molecule has 0 saturated heterocycles. The van der Waals surface area contributed by atoms with Crippen LogP contribution < -0.4 is 16.8 Å². The molecule has 1 aromatic rings. The Morgan fingerprint density at radius 1 is 1.56 bits per heavy atom. The minimum absolute atomic E-state index is 0.103. The highest BCUT2D eigenvalue weighted by atomic mass is 16.2. The van der Waals surface area contributed by atoms with E-state index >= 15 is 0 Å². The summed E-state index contributed by atoms with van der Waals surface area (Å²) in [5, 5.41) is 2.63. The van der Waals surface area contributed by atoms with Crippen molar-refractivity contribution < 1.29 is 9.59 Å². The molecule has 1 unspecified atom stereocenters. The van der Waals surface area contributed by atoms with Gasteiger partial charge in [-0.15, -0.1) is 0 Å². The largest absolute Gasteiger partial charge is 0.384 e. The molecule has 0 radical (unpaired) electrons. The molecular formula is C10H14N4O2. The Morgan fingerprint density at radius 3 is 2.81 bits per heavy atom. The third kappa shape index (κ3) is 3.56. The molecule has 0 aliphatic carbocycles. The maximum atomic E-state index is 11.6. The molecule has 6 heteroatoms. The second kappa shape index (κ2) is 5.11. The lowest BCUT2D eigenvalue weighted by atomic mass is 10.2. The summed E-state index contributed by atoms with van der Waals surface area (Å²) in [5.41, 5.74) is 10.9. The zero-order valence-electron chi connectivity index (χ0n) is 8.93. The van der Waals surface area contributed by atoms with E-state index in [4.69, 9.17) is 11.5 Å². The molecule has 1 aromatic heterocycles. The Morgan fingerprint density at radius 2 is 2.25 bits per heavy atom. The van der Waals surface area contributed by atoms with Crippen molar-refractivity contribution in [3.05, 3.63) is 23.9 Å². The number of primary amides is 1. The number of carbonyl (C=O) groups is 2. The number of rotatable bonds is 4. The van der Waals surface area contributed by atoms with E-state index in [0.717, 1.165) is 0 Å². The normalized spacial score (nSPS) is 11.8. The maximum Gasteiger partial charge on any atom is 0.251 e. The molecular weight excluding hydrogens is 208 g/mol. The van der Waals surface area contributed by atoms with E-state index in [1.165, 1.54) is 12.3 Å². The highest BCUT2D eigenvalue weighted by molar-refractivity contribution is 5.95. The molecule has 0 spiro atoms. The highest BCUT2D eigenvalue weighted by Crippen LogP contribution is 2.03. The van der Waals surface area contributed by atoms with Crippen molar-refractivity contribution in [1.29, 1.82) is 0 Å². The second-order valence-electron chi connectivity index (χ2n) is 3.51. The SMILES string of the molecule is CC(CC(N)=O)NC(=O)c1ccnc(N)c1.